The first kappa shape index (κ1) is 19.5. The van der Waals surface area contributed by atoms with Gasteiger partial charge in [-0.2, -0.15) is 4.31 Å². The van der Waals surface area contributed by atoms with Crippen molar-refractivity contribution < 1.29 is 13.3 Å². The van der Waals surface area contributed by atoms with Crippen molar-refractivity contribution in [1.82, 2.24) is 9.21 Å². The molecule has 0 unspecified atom stereocenters. The predicted octanol–water partition coefficient (Wildman–Crippen LogP) is 2.55. The molecule has 0 spiro atoms. The van der Waals surface area contributed by atoms with Crippen LogP contribution in [0.15, 0.2) is 48.5 Å². The minimum atomic E-state index is -3.44. The van der Waals surface area contributed by atoms with Crippen LogP contribution in [0.3, 0.4) is 0 Å². The SMILES string of the molecule is Cc1cccc(CN2CCN(S(=O)(=O)Cc3ccc([N+](=O)[O-])cc3)CC2)c1. The number of sulfonamides is 1. The molecule has 0 aromatic heterocycles. The first-order valence-electron chi connectivity index (χ1n) is 8.82. The number of aryl methyl sites for hydroxylation is 1. The molecule has 0 aliphatic carbocycles. The lowest BCUT2D eigenvalue weighted by Crippen LogP contribution is -2.48. The molecule has 1 fully saturated rings. The predicted molar refractivity (Wildman–Crippen MR) is 104 cm³/mol. The molecular weight excluding hydrogens is 366 g/mol. The molecule has 1 saturated heterocycles. The molecule has 144 valence electrons. The van der Waals surface area contributed by atoms with E-state index in [1.54, 1.807) is 0 Å². The van der Waals surface area contributed by atoms with Crippen molar-refractivity contribution in [3.05, 3.63) is 75.3 Å². The molecule has 7 nitrogen and oxygen atoms in total. The highest BCUT2D eigenvalue weighted by molar-refractivity contribution is 7.88. The van der Waals surface area contributed by atoms with Gasteiger partial charge >= 0.3 is 0 Å². The Bertz CT molecular complexity index is 905. The second-order valence-electron chi connectivity index (χ2n) is 6.84. The third kappa shape index (κ3) is 5.12. The van der Waals surface area contributed by atoms with Gasteiger partial charge in [0, 0.05) is 44.9 Å². The quantitative estimate of drug-likeness (QED) is 0.560. The van der Waals surface area contributed by atoms with Crippen LogP contribution in [-0.4, -0.2) is 48.7 Å². The zero-order valence-electron chi connectivity index (χ0n) is 15.2. The zero-order valence-corrected chi connectivity index (χ0v) is 16.1. The van der Waals surface area contributed by atoms with Crippen LogP contribution < -0.4 is 0 Å². The Balaban J connectivity index is 1.56. The molecule has 0 atom stereocenters. The molecule has 3 rings (SSSR count). The summed E-state index contributed by atoms with van der Waals surface area (Å²) in [5, 5.41) is 10.7. The molecule has 0 amide bonds. The van der Waals surface area contributed by atoms with Gasteiger partial charge in [-0.3, -0.25) is 15.0 Å². The fourth-order valence-electron chi connectivity index (χ4n) is 3.25. The smallest absolute Gasteiger partial charge is 0.269 e. The standard InChI is InChI=1S/C19H23N3O4S/c1-16-3-2-4-18(13-16)14-20-9-11-21(12-10-20)27(25,26)15-17-5-7-19(8-6-17)22(23)24/h2-8,13H,9-12,14-15H2,1H3. The maximum absolute atomic E-state index is 12.7. The number of nitro groups is 1. The Morgan fingerprint density at radius 3 is 2.26 bits per heavy atom. The van der Waals surface area contributed by atoms with Crippen molar-refractivity contribution >= 4 is 15.7 Å². The summed E-state index contributed by atoms with van der Waals surface area (Å²) < 4.78 is 26.8. The minimum Gasteiger partial charge on any atom is -0.296 e. The number of nitro benzene ring substituents is 1. The third-order valence-corrected chi connectivity index (χ3v) is 6.56. The second kappa shape index (κ2) is 8.16. The highest BCUT2D eigenvalue weighted by Crippen LogP contribution is 2.18. The first-order chi connectivity index (χ1) is 12.8. The minimum absolute atomic E-state index is 0.0408. The van der Waals surface area contributed by atoms with Crippen LogP contribution in [0, 0.1) is 17.0 Å². The number of nitrogens with zero attached hydrogens (tertiary/aromatic N) is 3. The highest BCUT2D eigenvalue weighted by atomic mass is 32.2. The van der Waals surface area contributed by atoms with Crippen molar-refractivity contribution in [3.8, 4) is 0 Å². The number of hydrogen-bond acceptors (Lipinski definition) is 5. The number of rotatable bonds is 6. The van der Waals surface area contributed by atoms with E-state index in [1.165, 1.54) is 39.7 Å². The number of non-ortho nitro benzene ring substituents is 1. The van der Waals surface area contributed by atoms with E-state index in [9.17, 15) is 18.5 Å². The summed E-state index contributed by atoms with van der Waals surface area (Å²) in [6.07, 6.45) is 0. The summed E-state index contributed by atoms with van der Waals surface area (Å²) in [4.78, 5) is 12.5. The van der Waals surface area contributed by atoms with Gasteiger partial charge < -0.3 is 0 Å². The van der Waals surface area contributed by atoms with Crippen molar-refractivity contribution in [2.45, 2.75) is 19.2 Å². The fraction of sp³-hybridized carbons (Fsp3) is 0.368. The second-order valence-corrected chi connectivity index (χ2v) is 8.81. The summed E-state index contributed by atoms with van der Waals surface area (Å²) in [5.74, 6) is -0.136. The maximum atomic E-state index is 12.7. The van der Waals surface area contributed by atoms with Crippen LogP contribution in [-0.2, 0) is 22.3 Å². The van der Waals surface area contributed by atoms with E-state index in [0.717, 1.165) is 6.54 Å². The van der Waals surface area contributed by atoms with Crippen molar-refractivity contribution in [2.75, 3.05) is 26.2 Å². The van der Waals surface area contributed by atoms with E-state index in [-0.39, 0.29) is 11.4 Å². The van der Waals surface area contributed by atoms with Crippen molar-refractivity contribution in [2.24, 2.45) is 0 Å². The summed E-state index contributed by atoms with van der Waals surface area (Å²) in [7, 11) is -3.44. The number of hydrogen-bond donors (Lipinski definition) is 0. The molecule has 1 aliphatic rings. The lowest BCUT2D eigenvalue weighted by atomic mass is 10.1. The molecule has 0 radical (unpaired) electrons. The fourth-order valence-corrected chi connectivity index (χ4v) is 4.77. The first-order valence-corrected chi connectivity index (χ1v) is 10.4. The average molecular weight is 389 g/mol. The molecule has 1 aliphatic heterocycles. The van der Waals surface area contributed by atoms with Gasteiger partial charge in [-0.25, -0.2) is 8.42 Å². The molecule has 0 bridgehead atoms. The molecular formula is C19H23N3O4S. The van der Waals surface area contributed by atoms with Crippen LogP contribution in [0.4, 0.5) is 5.69 Å². The summed E-state index contributed by atoms with van der Waals surface area (Å²) in [6.45, 7) is 5.17. The Morgan fingerprint density at radius 1 is 1.00 bits per heavy atom. The van der Waals surface area contributed by atoms with Gasteiger partial charge in [0.2, 0.25) is 10.0 Å². The molecule has 0 saturated carbocycles. The summed E-state index contributed by atoms with van der Waals surface area (Å²) >= 11 is 0. The lowest BCUT2D eigenvalue weighted by molar-refractivity contribution is -0.384. The van der Waals surface area contributed by atoms with Crippen LogP contribution >= 0.6 is 0 Å². The van der Waals surface area contributed by atoms with E-state index < -0.39 is 14.9 Å². The van der Waals surface area contributed by atoms with Crippen LogP contribution in [0.2, 0.25) is 0 Å². The average Bonchev–Trinajstić information content (AvgIpc) is 2.62. The van der Waals surface area contributed by atoms with Gasteiger partial charge in [-0.15, -0.1) is 0 Å². The number of piperazine rings is 1. The van der Waals surface area contributed by atoms with Crippen molar-refractivity contribution in [1.29, 1.82) is 0 Å². The molecule has 2 aromatic rings. The van der Waals surface area contributed by atoms with E-state index in [4.69, 9.17) is 0 Å². The van der Waals surface area contributed by atoms with Crippen LogP contribution in [0.1, 0.15) is 16.7 Å². The third-order valence-electron chi connectivity index (χ3n) is 4.71. The molecule has 0 N–H and O–H groups in total. The lowest BCUT2D eigenvalue weighted by Gasteiger charge is -2.34. The Kier molecular flexibility index (Phi) is 5.88. The topological polar surface area (TPSA) is 83.8 Å². The van der Waals surface area contributed by atoms with E-state index >= 15 is 0 Å². The van der Waals surface area contributed by atoms with Gasteiger partial charge in [-0.05, 0) is 18.1 Å². The summed E-state index contributed by atoms with van der Waals surface area (Å²) in [6, 6.07) is 14.0. The van der Waals surface area contributed by atoms with Gasteiger partial charge in [0.1, 0.15) is 0 Å². The van der Waals surface area contributed by atoms with Gasteiger partial charge in [0.05, 0.1) is 10.7 Å². The number of benzene rings is 2. The molecule has 2 aromatic carbocycles. The molecule has 1 heterocycles. The highest BCUT2D eigenvalue weighted by Gasteiger charge is 2.27. The zero-order chi connectivity index (χ0) is 19.4. The van der Waals surface area contributed by atoms with E-state index in [0.29, 0.717) is 31.7 Å². The van der Waals surface area contributed by atoms with E-state index in [1.807, 2.05) is 6.07 Å². The Hall–Kier alpha value is -2.29. The van der Waals surface area contributed by atoms with Crippen molar-refractivity contribution in [3.63, 3.8) is 0 Å². The van der Waals surface area contributed by atoms with Gasteiger partial charge in [0.25, 0.3) is 5.69 Å². The Labute approximate surface area is 159 Å². The van der Waals surface area contributed by atoms with E-state index in [2.05, 4.69) is 30.0 Å². The van der Waals surface area contributed by atoms with Crippen LogP contribution in [0.25, 0.3) is 0 Å². The maximum Gasteiger partial charge on any atom is 0.269 e. The summed E-state index contributed by atoms with van der Waals surface area (Å²) in [5.41, 5.74) is 2.97. The van der Waals surface area contributed by atoms with Gasteiger partial charge in [0.15, 0.2) is 0 Å². The largest absolute Gasteiger partial charge is 0.296 e. The Morgan fingerprint density at radius 2 is 1.67 bits per heavy atom. The van der Waals surface area contributed by atoms with Crippen LogP contribution in [0.5, 0.6) is 0 Å². The monoisotopic (exact) mass is 389 g/mol. The van der Waals surface area contributed by atoms with Gasteiger partial charge in [-0.1, -0.05) is 42.0 Å². The normalized spacial score (nSPS) is 16.3. The molecule has 27 heavy (non-hydrogen) atoms. The molecule has 8 heteroatoms.